The van der Waals surface area contributed by atoms with E-state index in [0.29, 0.717) is 0 Å². The van der Waals surface area contributed by atoms with Crippen LogP contribution in [0.25, 0.3) is 0 Å². The Morgan fingerprint density at radius 2 is 2.00 bits per heavy atom. The lowest BCUT2D eigenvalue weighted by molar-refractivity contribution is 0.341. The van der Waals surface area contributed by atoms with Crippen LogP contribution in [0.4, 0.5) is 0 Å². The molecule has 0 aliphatic rings. The zero-order chi connectivity index (χ0) is 8.69. The van der Waals surface area contributed by atoms with Gasteiger partial charge in [0.2, 0.25) is 0 Å². The Morgan fingerprint density at radius 3 is 2.45 bits per heavy atom. The summed E-state index contributed by atoms with van der Waals surface area (Å²) in [6.45, 7) is 6.42. The third-order valence-corrected chi connectivity index (χ3v) is 1.53. The summed E-state index contributed by atoms with van der Waals surface area (Å²) in [5, 5.41) is 8.55. The van der Waals surface area contributed by atoms with Gasteiger partial charge in [0.15, 0.2) is 0 Å². The second-order valence-electron chi connectivity index (χ2n) is 3.05. The van der Waals surface area contributed by atoms with Gasteiger partial charge >= 0.3 is 0 Å². The van der Waals surface area contributed by atoms with Crippen LogP contribution in [0.2, 0.25) is 0 Å². The third kappa shape index (κ3) is 7.34. The van der Waals surface area contributed by atoms with Crippen molar-refractivity contribution in [1.82, 2.24) is 0 Å². The first-order valence-corrected chi connectivity index (χ1v) is 4.06. The minimum Gasteiger partial charge on any atom is -0.392 e. The Morgan fingerprint density at radius 1 is 1.36 bits per heavy atom. The first-order chi connectivity index (χ1) is 5.16. The van der Waals surface area contributed by atoms with Crippen LogP contribution in [0, 0.1) is 0 Å². The molecule has 0 aliphatic carbocycles. The second-order valence-corrected chi connectivity index (χ2v) is 3.05. The molecule has 0 amide bonds. The van der Waals surface area contributed by atoms with Crippen LogP contribution < -0.4 is 0 Å². The van der Waals surface area contributed by atoms with Gasteiger partial charge in [-0.25, -0.2) is 0 Å². The summed E-state index contributed by atoms with van der Waals surface area (Å²) in [4.78, 5) is 0. The standard InChI is InChI=1S/C10H18O/c1-9(2)5-4-6-10(3)7-8-11/h5,7,11H,4,6,8H2,1-3H3/b10-7+/i1+2/b9-5?,10-7+. The van der Waals surface area contributed by atoms with E-state index in [1.807, 2.05) is 6.08 Å². The molecule has 0 heterocycles. The molecule has 64 valence electrons. The number of hydrogen-bond acceptors (Lipinski definition) is 1. The second kappa shape index (κ2) is 6.17. The van der Waals surface area contributed by atoms with Crippen molar-refractivity contribution in [3.05, 3.63) is 23.3 Å². The summed E-state index contributed by atoms with van der Waals surface area (Å²) in [6.07, 6.45) is 6.23. The molecular formula is C10H18O. The number of aliphatic hydroxyl groups is 1. The van der Waals surface area contributed by atoms with Crippen LogP contribution in [0.5, 0.6) is 0 Å². The fourth-order valence-electron chi connectivity index (χ4n) is 0.846. The van der Waals surface area contributed by atoms with Crippen molar-refractivity contribution in [3.63, 3.8) is 0 Å². The molecule has 0 bridgehead atoms. The van der Waals surface area contributed by atoms with Crippen molar-refractivity contribution in [2.24, 2.45) is 0 Å². The minimum absolute atomic E-state index is 0.167. The minimum atomic E-state index is 0.167. The highest BCUT2D eigenvalue weighted by Gasteiger charge is 1.86. The summed E-state index contributed by atoms with van der Waals surface area (Å²) < 4.78 is 0. The zero-order valence-electron chi connectivity index (χ0n) is 7.72. The quantitative estimate of drug-likeness (QED) is 0.620. The number of allylic oxidation sites excluding steroid dienone is 3. The average molecular weight is 156 g/mol. The van der Waals surface area contributed by atoms with Crippen molar-refractivity contribution in [1.29, 1.82) is 0 Å². The summed E-state index contributed by atoms with van der Waals surface area (Å²) in [5.41, 5.74) is 2.63. The molecule has 0 aromatic heterocycles. The van der Waals surface area contributed by atoms with Crippen molar-refractivity contribution in [3.8, 4) is 0 Å². The fraction of sp³-hybridized carbons (Fsp3) is 0.600. The van der Waals surface area contributed by atoms with Gasteiger partial charge in [-0.15, -0.1) is 0 Å². The molecule has 1 heteroatoms. The molecule has 0 saturated carbocycles. The van der Waals surface area contributed by atoms with Crippen LogP contribution in [-0.2, 0) is 0 Å². The van der Waals surface area contributed by atoms with E-state index in [0.717, 1.165) is 12.8 Å². The number of rotatable bonds is 4. The Labute approximate surface area is 69.4 Å². The SMILES string of the molecule is CC([14CH3])=CCC/C(C)=C/CO. The highest BCUT2D eigenvalue weighted by Crippen LogP contribution is 2.05. The Hall–Kier alpha value is -0.560. The molecule has 0 atom stereocenters. The lowest BCUT2D eigenvalue weighted by Gasteiger charge is -1.96. The average Bonchev–Trinajstić information content (AvgIpc) is 1.87. The summed E-state index contributed by atoms with van der Waals surface area (Å²) >= 11 is 0. The van der Waals surface area contributed by atoms with E-state index in [9.17, 15) is 0 Å². The first-order valence-electron chi connectivity index (χ1n) is 4.06. The Balaban J connectivity index is 3.54. The van der Waals surface area contributed by atoms with Gasteiger partial charge in [0.1, 0.15) is 0 Å². The molecular weight excluding hydrogens is 138 g/mol. The topological polar surface area (TPSA) is 20.2 Å². The lowest BCUT2D eigenvalue weighted by Crippen LogP contribution is -1.80. The van der Waals surface area contributed by atoms with E-state index < -0.39 is 0 Å². The van der Waals surface area contributed by atoms with Crippen LogP contribution in [0.1, 0.15) is 33.6 Å². The van der Waals surface area contributed by atoms with Crippen LogP contribution >= 0.6 is 0 Å². The van der Waals surface area contributed by atoms with E-state index >= 15 is 0 Å². The van der Waals surface area contributed by atoms with E-state index in [-0.39, 0.29) is 6.61 Å². The predicted molar refractivity (Wildman–Crippen MR) is 49.5 cm³/mol. The normalized spacial score (nSPS) is 13.8. The molecule has 0 rings (SSSR count). The maximum absolute atomic E-state index is 8.55. The summed E-state index contributed by atoms with van der Waals surface area (Å²) in [5.74, 6) is 0. The molecule has 0 radical (unpaired) electrons. The van der Waals surface area contributed by atoms with Crippen molar-refractivity contribution in [2.45, 2.75) is 33.6 Å². The van der Waals surface area contributed by atoms with Crippen molar-refractivity contribution < 1.29 is 5.11 Å². The van der Waals surface area contributed by atoms with E-state index in [1.54, 1.807) is 0 Å². The molecule has 1 nitrogen and oxygen atoms in total. The molecule has 0 unspecified atom stereocenters. The first kappa shape index (κ1) is 10.4. The molecule has 0 aromatic carbocycles. The maximum Gasteiger partial charge on any atom is 0.0614 e. The molecule has 0 saturated heterocycles. The van der Waals surface area contributed by atoms with Crippen molar-refractivity contribution in [2.75, 3.05) is 6.61 Å². The smallest absolute Gasteiger partial charge is 0.0614 e. The monoisotopic (exact) mass is 156 g/mol. The van der Waals surface area contributed by atoms with E-state index in [1.165, 1.54) is 11.1 Å². The number of hydrogen-bond donors (Lipinski definition) is 1. The van der Waals surface area contributed by atoms with Gasteiger partial charge in [-0.1, -0.05) is 23.3 Å². The Kier molecular flexibility index (Phi) is 5.86. The largest absolute Gasteiger partial charge is 0.392 e. The van der Waals surface area contributed by atoms with Gasteiger partial charge < -0.3 is 5.11 Å². The summed E-state index contributed by atoms with van der Waals surface area (Å²) in [7, 11) is 0. The molecule has 11 heavy (non-hydrogen) atoms. The Bertz CT molecular complexity index is 150. The third-order valence-electron chi connectivity index (χ3n) is 1.53. The van der Waals surface area contributed by atoms with Crippen LogP contribution in [0.3, 0.4) is 0 Å². The maximum atomic E-state index is 8.55. The zero-order valence-corrected chi connectivity index (χ0v) is 7.72. The van der Waals surface area contributed by atoms with Gasteiger partial charge in [0.05, 0.1) is 6.61 Å². The van der Waals surface area contributed by atoms with Gasteiger partial charge in [-0.2, -0.15) is 0 Å². The molecule has 0 aromatic rings. The van der Waals surface area contributed by atoms with Gasteiger partial charge in [0, 0.05) is 0 Å². The molecule has 0 spiro atoms. The summed E-state index contributed by atoms with van der Waals surface area (Å²) in [6, 6.07) is 0. The highest BCUT2D eigenvalue weighted by atomic mass is 16.2. The molecule has 0 fully saturated rings. The van der Waals surface area contributed by atoms with Crippen LogP contribution in [0.15, 0.2) is 23.3 Å². The molecule has 0 aliphatic heterocycles. The number of aliphatic hydroxyl groups excluding tert-OH is 1. The fourth-order valence-corrected chi connectivity index (χ4v) is 0.846. The lowest BCUT2D eigenvalue weighted by atomic mass is 10.1. The van der Waals surface area contributed by atoms with Gasteiger partial charge in [-0.3, -0.25) is 0 Å². The van der Waals surface area contributed by atoms with E-state index in [4.69, 9.17) is 5.11 Å². The van der Waals surface area contributed by atoms with Crippen molar-refractivity contribution >= 4 is 0 Å². The van der Waals surface area contributed by atoms with Gasteiger partial charge in [-0.05, 0) is 33.6 Å². The molecule has 1 N–H and O–H groups in total. The van der Waals surface area contributed by atoms with Crippen LogP contribution in [-0.4, -0.2) is 11.7 Å². The van der Waals surface area contributed by atoms with E-state index in [2.05, 4.69) is 26.8 Å². The van der Waals surface area contributed by atoms with Gasteiger partial charge in [0.25, 0.3) is 0 Å². The predicted octanol–water partition coefficient (Wildman–Crippen LogP) is 2.67. The highest BCUT2D eigenvalue weighted by molar-refractivity contribution is 5.01.